The van der Waals surface area contributed by atoms with E-state index in [1.807, 2.05) is 19.4 Å². The number of Topliss-reactive ketones (excluding diaryl/α,β-unsaturated/α-hetero) is 1. The first-order valence-corrected chi connectivity index (χ1v) is 5.17. The summed E-state index contributed by atoms with van der Waals surface area (Å²) in [6, 6.07) is 0. The van der Waals surface area contributed by atoms with Gasteiger partial charge in [0, 0.05) is 25.6 Å². The Balaban J connectivity index is 1.80. The normalized spacial score (nSPS) is 25.0. The number of carbonyl (C=O) groups is 1. The lowest BCUT2D eigenvalue weighted by atomic mass is 10.1. The number of hydrogen-bond acceptors (Lipinski definition) is 2. The van der Waals surface area contributed by atoms with Crippen molar-refractivity contribution in [3.8, 4) is 0 Å². The number of aryl methyl sites for hydroxylation is 2. The molecule has 1 aliphatic carbocycles. The molecule has 0 saturated heterocycles. The zero-order valence-electron chi connectivity index (χ0n) is 8.73. The van der Waals surface area contributed by atoms with Crippen LogP contribution in [0.25, 0.3) is 0 Å². The summed E-state index contributed by atoms with van der Waals surface area (Å²) in [7, 11) is 1.90. The van der Waals surface area contributed by atoms with Gasteiger partial charge in [-0.3, -0.25) is 9.48 Å². The van der Waals surface area contributed by atoms with Crippen LogP contribution in [0.2, 0.25) is 0 Å². The molecule has 0 aromatic carbocycles. The highest BCUT2D eigenvalue weighted by molar-refractivity contribution is 5.83. The van der Waals surface area contributed by atoms with Crippen molar-refractivity contribution in [2.24, 2.45) is 18.9 Å². The summed E-state index contributed by atoms with van der Waals surface area (Å²) in [5.74, 6) is 1.43. The van der Waals surface area contributed by atoms with Crippen LogP contribution in [0.5, 0.6) is 0 Å². The SMILES string of the molecule is CC1CC1C(=O)CCc1cnn(C)c1. The van der Waals surface area contributed by atoms with Gasteiger partial charge in [0.2, 0.25) is 0 Å². The van der Waals surface area contributed by atoms with E-state index >= 15 is 0 Å². The van der Waals surface area contributed by atoms with Crippen LogP contribution in [0.4, 0.5) is 0 Å². The second kappa shape index (κ2) is 3.56. The van der Waals surface area contributed by atoms with Gasteiger partial charge in [0.15, 0.2) is 0 Å². The largest absolute Gasteiger partial charge is 0.299 e. The maximum absolute atomic E-state index is 11.6. The molecule has 1 heterocycles. The molecule has 0 aliphatic heterocycles. The molecule has 3 nitrogen and oxygen atoms in total. The van der Waals surface area contributed by atoms with Gasteiger partial charge in [-0.1, -0.05) is 6.92 Å². The summed E-state index contributed by atoms with van der Waals surface area (Å²) in [6.07, 6.45) is 6.44. The summed E-state index contributed by atoms with van der Waals surface area (Å²) >= 11 is 0. The van der Waals surface area contributed by atoms with E-state index in [9.17, 15) is 4.79 Å². The number of carbonyl (C=O) groups excluding carboxylic acids is 1. The van der Waals surface area contributed by atoms with Crippen LogP contribution in [-0.4, -0.2) is 15.6 Å². The van der Waals surface area contributed by atoms with E-state index in [0.29, 0.717) is 24.0 Å². The van der Waals surface area contributed by atoms with Gasteiger partial charge < -0.3 is 0 Å². The molecule has 0 N–H and O–H groups in total. The van der Waals surface area contributed by atoms with Gasteiger partial charge in [0.05, 0.1) is 6.20 Å². The zero-order valence-corrected chi connectivity index (χ0v) is 8.73. The quantitative estimate of drug-likeness (QED) is 0.726. The van der Waals surface area contributed by atoms with Crippen LogP contribution >= 0.6 is 0 Å². The van der Waals surface area contributed by atoms with Crippen LogP contribution in [0.1, 0.15) is 25.3 Å². The molecule has 76 valence electrons. The summed E-state index contributed by atoms with van der Waals surface area (Å²) in [5, 5.41) is 4.08. The minimum absolute atomic E-state index is 0.367. The van der Waals surface area contributed by atoms with Crippen molar-refractivity contribution >= 4 is 5.78 Å². The molecule has 0 spiro atoms. The van der Waals surface area contributed by atoms with Crippen molar-refractivity contribution < 1.29 is 4.79 Å². The van der Waals surface area contributed by atoms with E-state index in [1.54, 1.807) is 4.68 Å². The Morgan fingerprint density at radius 3 is 2.93 bits per heavy atom. The predicted molar refractivity (Wildman–Crippen MR) is 53.8 cm³/mol. The van der Waals surface area contributed by atoms with Crippen molar-refractivity contribution in [3.05, 3.63) is 18.0 Å². The van der Waals surface area contributed by atoms with Crippen molar-refractivity contribution in [3.63, 3.8) is 0 Å². The molecule has 1 aliphatic rings. The third-order valence-corrected chi connectivity index (χ3v) is 2.94. The first-order chi connectivity index (χ1) is 6.66. The van der Waals surface area contributed by atoms with Crippen molar-refractivity contribution in [2.45, 2.75) is 26.2 Å². The van der Waals surface area contributed by atoms with Gasteiger partial charge >= 0.3 is 0 Å². The topological polar surface area (TPSA) is 34.9 Å². The van der Waals surface area contributed by atoms with E-state index < -0.39 is 0 Å². The van der Waals surface area contributed by atoms with Gasteiger partial charge in [-0.15, -0.1) is 0 Å². The Morgan fingerprint density at radius 2 is 2.43 bits per heavy atom. The van der Waals surface area contributed by atoms with E-state index in [-0.39, 0.29) is 0 Å². The second-order valence-corrected chi connectivity index (χ2v) is 4.31. The average Bonchev–Trinajstić information content (AvgIpc) is 2.72. The molecule has 3 heteroatoms. The molecule has 2 atom stereocenters. The minimum Gasteiger partial charge on any atom is -0.299 e. The molecule has 2 unspecified atom stereocenters. The Kier molecular flexibility index (Phi) is 2.40. The highest BCUT2D eigenvalue weighted by Gasteiger charge is 2.38. The third kappa shape index (κ3) is 2.03. The highest BCUT2D eigenvalue weighted by Crippen LogP contribution is 2.39. The average molecular weight is 192 g/mol. The Bertz CT molecular complexity index is 343. The number of rotatable bonds is 4. The second-order valence-electron chi connectivity index (χ2n) is 4.31. The molecule has 0 bridgehead atoms. The Morgan fingerprint density at radius 1 is 1.71 bits per heavy atom. The number of hydrogen-bond donors (Lipinski definition) is 0. The van der Waals surface area contributed by atoms with Crippen molar-refractivity contribution in [1.29, 1.82) is 0 Å². The summed E-state index contributed by atoms with van der Waals surface area (Å²) in [6.45, 7) is 2.15. The third-order valence-electron chi connectivity index (χ3n) is 2.94. The fraction of sp³-hybridized carbons (Fsp3) is 0.636. The molecular formula is C11H16N2O. The summed E-state index contributed by atoms with van der Waals surface area (Å²) < 4.78 is 1.78. The molecule has 1 aromatic heterocycles. The first kappa shape index (κ1) is 9.44. The summed E-state index contributed by atoms with van der Waals surface area (Å²) in [5.41, 5.74) is 1.16. The first-order valence-electron chi connectivity index (χ1n) is 5.17. The van der Waals surface area contributed by atoms with E-state index in [0.717, 1.165) is 18.4 Å². The van der Waals surface area contributed by atoms with Crippen molar-refractivity contribution in [1.82, 2.24) is 9.78 Å². The van der Waals surface area contributed by atoms with E-state index in [1.165, 1.54) is 0 Å². The van der Waals surface area contributed by atoms with E-state index in [4.69, 9.17) is 0 Å². The van der Waals surface area contributed by atoms with Crippen LogP contribution in [0, 0.1) is 11.8 Å². The van der Waals surface area contributed by atoms with Crippen LogP contribution in [0.3, 0.4) is 0 Å². The minimum atomic E-state index is 0.367. The molecule has 1 aromatic rings. The zero-order chi connectivity index (χ0) is 10.1. The van der Waals surface area contributed by atoms with Crippen LogP contribution < -0.4 is 0 Å². The van der Waals surface area contributed by atoms with Gasteiger partial charge in [-0.2, -0.15) is 5.10 Å². The van der Waals surface area contributed by atoms with Gasteiger partial charge in [-0.05, 0) is 24.3 Å². The lowest BCUT2D eigenvalue weighted by Gasteiger charge is -1.96. The van der Waals surface area contributed by atoms with Crippen LogP contribution in [-0.2, 0) is 18.3 Å². The Hall–Kier alpha value is -1.12. The molecule has 1 saturated carbocycles. The molecule has 2 rings (SSSR count). The maximum Gasteiger partial charge on any atom is 0.136 e. The highest BCUT2D eigenvalue weighted by atomic mass is 16.1. The van der Waals surface area contributed by atoms with Crippen molar-refractivity contribution in [2.75, 3.05) is 0 Å². The van der Waals surface area contributed by atoms with Gasteiger partial charge in [0.25, 0.3) is 0 Å². The smallest absolute Gasteiger partial charge is 0.136 e. The number of aromatic nitrogens is 2. The van der Waals surface area contributed by atoms with E-state index in [2.05, 4.69) is 12.0 Å². The molecule has 0 radical (unpaired) electrons. The van der Waals surface area contributed by atoms with Gasteiger partial charge in [-0.25, -0.2) is 0 Å². The summed E-state index contributed by atoms with van der Waals surface area (Å²) in [4.78, 5) is 11.6. The molecular weight excluding hydrogens is 176 g/mol. The van der Waals surface area contributed by atoms with Crippen LogP contribution in [0.15, 0.2) is 12.4 Å². The maximum atomic E-state index is 11.6. The molecule has 1 fully saturated rings. The standard InChI is InChI=1S/C11H16N2O/c1-8-5-10(8)11(14)4-3-9-6-12-13(2)7-9/h6-8,10H,3-5H2,1-2H3. The van der Waals surface area contributed by atoms with Gasteiger partial charge in [0.1, 0.15) is 5.78 Å². The number of ketones is 1. The predicted octanol–water partition coefficient (Wildman–Crippen LogP) is 1.58. The monoisotopic (exact) mass is 192 g/mol. The fourth-order valence-corrected chi connectivity index (χ4v) is 1.82. The molecule has 0 amide bonds. The number of nitrogens with zero attached hydrogens (tertiary/aromatic N) is 2. The lowest BCUT2D eigenvalue weighted by molar-refractivity contribution is -0.120. The lowest BCUT2D eigenvalue weighted by Crippen LogP contribution is -2.03. The fourth-order valence-electron chi connectivity index (χ4n) is 1.82. The molecule has 14 heavy (non-hydrogen) atoms. The Labute approximate surface area is 84.1 Å².